The maximum absolute atomic E-state index is 11.2. The molecule has 0 aliphatic rings. The molecular formula is C11H12N2O3. The van der Waals surface area contributed by atoms with Gasteiger partial charge in [0.15, 0.2) is 6.61 Å². The Kier molecular flexibility index (Phi) is 4.16. The molecule has 0 N–H and O–H groups in total. The highest BCUT2D eigenvalue weighted by Crippen LogP contribution is 2.17. The van der Waals surface area contributed by atoms with Gasteiger partial charge in [0.2, 0.25) is 0 Å². The number of hydrogen-bond donors (Lipinski definition) is 0. The summed E-state index contributed by atoms with van der Waals surface area (Å²) in [5, 5.41) is 8.31. The molecule has 0 heterocycles. The molecule has 5 nitrogen and oxygen atoms in total. The molecule has 1 aromatic rings. The van der Waals surface area contributed by atoms with Crippen LogP contribution < -0.4 is 9.47 Å². The number of nitrogens with zero attached hydrogens (tertiary/aromatic N) is 2. The van der Waals surface area contributed by atoms with Crippen molar-refractivity contribution in [1.29, 1.82) is 5.26 Å². The molecule has 0 atom stereocenters. The van der Waals surface area contributed by atoms with Crippen molar-refractivity contribution in [3.8, 4) is 17.6 Å². The predicted molar refractivity (Wildman–Crippen MR) is 57.3 cm³/mol. The molecule has 0 radical (unpaired) electrons. The smallest absolute Gasteiger partial charge is 0.414 e. The third kappa shape index (κ3) is 3.50. The molecule has 84 valence electrons. The van der Waals surface area contributed by atoms with Crippen LogP contribution in [0.1, 0.15) is 0 Å². The zero-order chi connectivity index (χ0) is 12.0. The molecule has 0 unspecified atom stereocenters. The summed E-state index contributed by atoms with van der Waals surface area (Å²) in [7, 11) is 3.21. The summed E-state index contributed by atoms with van der Waals surface area (Å²) in [6.45, 7) is -0.00314. The van der Waals surface area contributed by atoms with Gasteiger partial charge in [-0.05, 0) is 24.3 Å². The minimum Gasteiger partial charge on any atom is -0.479 e. The van der Waals surface area contributed by atoms with Gasteiger partial charge in [-0.3, -0.25) is 0 Å². The van der Waals surface area contributed by atoms with Crippen LogP contribution in [0.5, 0.6) is 11.5 Å². The average Bonchev–Trinajstić information content (AvgIpc) is 2.28. The van der Waals surface area contributed by atoms with Crippen molar-refractivity contribution in [3.63, 3.8) is 0 Å². The van der Waals surface area contributed by atoms with Crippen molar-refractivity contribution in [1.82, 2.24) is 4.90 Å². The maximum Gasteiger partial charge on any atom is 0.414 e. The third-order valence-corrected chi connectivity index (χ3v) is 1.70. The Bertz CT molecular complexity index is 393. The van der Waals surface area contributed by atoms with E-state index in [4.69, 9.17) is 14.7 Å². The first kappa shape index (κ1) is 11.9. The van der Waals surface area contributed by atoms with Gasteiger partial charge < -0.3 is 14.4 Å². The second-order valence-corrected chi connectivity index (χ2v) is 3.18. The number of nitriles is 1. The normalized spacial score (nSPS) is 9.06. The van der Waals surface area contributed by atoms with Gasteiger partial charge in [-0.25, -0.2) is 4.79 Å². The summed E-state index contributed by atoms with van der Waals surface area (Å²) >= 11 is 0. The van der Waals surface area contributed by atoms with E-state index < -0.39 is 6.09 Å². The largest absolute Gasteiger partial charge is 0.479 e. The molecule has 0 fully saturated rings. The summed E-state index contributed by atoms with van der Waals surface area (Å²) in [5.74, 6) is 0.995. The number of hydrogen-bond acceptors (Lipinski definition) is 4. The van der Waals surface area contributed by atoms with Crippen LogP contribution in [0.2, 0.25) is 0 Å². The molecule has 0 aromatic heterocycles. The van der Waals surface area contributed by atoms with Gasteiger partial charge in [0.25, 0.3) is 0 Å². The lowest BCUT2D eigenvalue weighted by molar-refractivity contribution is 0.172. The molecule has 0 saturated heterocycles. The highest BCUT2D eigenvalue weighted by atomic mass is 16.6. The van der Waals surface area contributed by atoms with Gasteiger partial charge >= 0.3 is 6.09 Å². The van der Waals surface area contributed by atoms with E-state index in [9.17, 15) is 4.79 Å². The van der Waals surface area contributed by atoms with E-state index in [1.54, 1.807) is 38.4 Å². The second kappa shape index (κ2) is 5.61. The van der Waals surface area contributed by atoms with E-state index in [0.717, 1.165) is 0 Å². The fraction of sp³-hybridized carbons (Fsp3) is 0.273. The lowest BCUT2D eigenvalue weighted by atomic mass is 10.3. The molecule has 16 heavy (non-hydrogen) atoms. The molecule has 1 aromatic carbocycles. The lowest BCUT2D eigenvalue weighted by Gasteiger charge is -2.10. The molecule has 0 saturated carbocycles. The molecule has 0 aliphatic carbocycles. The fourth-order valence-electron chi connectivity index (χ4n) is 0.912. The Morgan fingerprint density at radius 3 is 2.38 bits per heavy atom. The fourth-order valence-corrected chi connectivity index (χ4v) is 0.912. The Labute approximate surface area is 93.8 Å². The summed E-state index contributed by atoms with van der Waals surface area (Å²) in [6.07, 6.45) is -0.439. The summed E-state index contributed by atoms with van der Waals surface area (Å²) in [5.41, 5.74) is 0. The molecular weight excluding hydrogens is 208 g/mol. The summed E-state index contributed by atoms with van der Waals surface area (Å²) in [6, 6.07) is 8.34. The van der Waals surface area contributed by atoms with Crippen molar-refractivity contribution < 1.29 is 14.3 Å². The minimum absolute atomic E-state index is 0.00314. The second-order valence-electron chi connectivity index (χ2n) is 3.18. The molecule has 1 amide bonds. The summed E-state index contributed by atoms with van der Waals surface area (Å²) in [4.78, 5) is 12.5. The molecule has 1 rings (SSSR count). The number of benzene rings is 1. The first-order valence-electron chi connectivity index (χ1n) is 4.62. The van der Waals surface area contributed by atoms with Crippen LogP contribution in [0, 0.1) is 11.3 Å². The Hall–Kier alpha value is -2.22. The number of carbonyl (C=O) groups is 1. The van der Waals surface area contributed by atoms with Crippen LogP contribution in [0.4, 0.5) is 4.79 Å². The summed E-state index contributed by atoms with van der Waals surface area (Å²) < 4.78 is 10.1. The van der Waals surface area contributed by atoms with Gasteiger partial charge in [0.05, 0.1) is 0 Å². The number of ether oxygens (including phenoxy) is 2. The van der Waals surface area contributed by atoms with Crippen LogP contribution in [0.15, 0.2) is 24.3 Å². The third-order valence-electron chi connectivity index (χ3n) is 1.70. The van der Waals surface area contributed by atoms with E-state index in [1.165, 1.54) is 4.90 Å². The van der Waals surface area contributed by atoms with Crippen molar-refractivity contribution in [2.45, 2.75) is 0 Å². The molecule has 0 spiro atoms. The molecule has 5 heteroatoms. The SMILES string of the molecule is CN(C)C(=O)Oc1ccc(OCC#N)cc1. The lowest BCUT2D eigenvalue weighted by Crippen LogP contribution is -2.25. The van der Waals surface area contributed by atoms with Crippen molar-refractivity contribution in [2.24, 2.45) is 0 Å². The number of rotatable bonds is 3. The minimum atomic E-state index is -0.439. The van der Waals surface area contributed by atoms with Crippen LogP contribution in [0.25, 0.3) is 0 Å². The first-order valence-corrected chi connectivity index (χ1v) is 4.62. The Morgan fingerprint density at radius 2 is 1.88 bits per heavy atom. The van der Waals surface area contributed by atoms with Crippen molar-refractivity contribution >= 4 is 6.09 Å². The van der Waals surface area contributed by atoms with Gasteiger partial charge in [0, 0.05) is 14.1 Å². The average molecular weight is 220 g/mol. The predicted octanol–water partition coefficient (Wildman–Crippen LogP) is 1.65. The zero-order valence-electron chi connectivity index (χ0n) is 9.14. The number of amides is 1. The van der Waals surface area contributed by atoms with Gasteiger partial charge in [-0.15, -0.1) is 0 Å². The highest BCUT2D eigenvalue weighted by Gasteiger charge is 2.06. The first-order chi connectivity index (χ1) is 7.63. The highest BCUT2D eigenvalue weighted by molar-refractivity contribution is 5.69. The molecule has 0 bridgehead atoms. The monoisotopic (exact) mass is 220 g/mol. The van der Waals surface area contributed by atoms with E-state index in [-0.39, 0.29) is 6.61 Å². The van der Waals surface area contributed by atoms with E-state index >= 15 is 0 Å². The standard InChI is InChI=1S/C11H12N2O3/c1-13(2)11(14)16-10-5-3-9(4-6-10)15-8-7-12/h3-6H,8H2,1-2H3. The van der Waals surface area contributed by atoms with Crippen LogP contribution >= 0.6 is 0 Å². The topological polar surface area (TPSA) is 62.6 Å². The Balaban J connectivity index is 2.58. The van der Waals surface area contributed by atoms with Gasteiger partial charge in [-0.1, -0.05) is 0 Å². The Morgan fingerprint density at radius 1 is 1.31 bits per heavy atom. The van der Waals surface area contributed by atoms with Crippen LogP contribution in [-0.2, 0) is 0 Å². The zero-order valence-corrected chi connectivity index (χ0v) is 9.14. The quantitative estimate of drug-likeness (QED) is 0.777. The van der Waals surface area contributed by atoms with E-state index in [2.05, 4.69) is 0 Å². The molecule has 0 aliphatic heterocycles. The van der Waals surface area contributed by atoms with Gasteiger partial charge in [-0.2, -0.15) is 5.26 Å². The van der Waals surface area contributed by atoms with E-state index in [0.29, 0.717) is 11.5 Å². The van der Waals surface area contributed by atoms with Crippen LogP contribution in [0.3, 0.4) is 0 Å². The van der Waals surface area contributed by atoms with Crippen molar-refractivity contribution in [3.05, 3.63) is 24.3 Å². The number of carbonyl (C=O) groups excluding carboxylic acids is 1. The van der Waals surface area contributed by atoms with Crippen molar-refractivity contribution in [2.75, 3.05) is 20.7 Å². The maximum atomic E-state index is 11.2. The van der Waals surface area contributed by atoms with Gasteiger partial charge in [0.1, 0.15) is 17.6 Å². The van der Waals surface area contributed by atoms with E-state index in [1.807, 2.05) is 6.07 Å². The van der Waals surface area contributed by atoms with Crippen LogP contribution in [-0.4, -0.2) is 31.7 Å².